The maximum absolute atomic E-state index is 12.0. The van der Waals surface area contributed by atoms with Crippen LogP contribution >= 0.6 is 0 Å². The quantitative estimate of drug-likeness (QED) is 0.412. The molecule has 1 saturated heterocycles. The van der Waals surface area contributed by atoms with Crippen molar-refractivity contribution in [3.8, 4) is 11.1 Å². The summed E-state index contributed by atoms with van der Waals surface area (Å²) in [5, 5.41) is 5.32. The highest BCUT2D eigenvalue weighted by Gasteiger charge is 2.38. The van der Waals surface area contributed by atoms with Gasteiger partial charge in [-0.05, 0) is 34.0 Å². The average Bonchev–Trinajstić information content (AvgIpc) is 2.66. The molecular weight excluding hydrogens is 354 g/mol. The largest absolute Gasteiger partial charge is 0.419 e. The first kappa shape index (κ1) is 17.8. The number of hydrogen-bond acceptors (Lipinski definition) is 5. The molecule has 0 amide bonds. The van der Waals surface area contributed by atoms with Crippen LogP contribution in [-0.4, -0.2) is 17.7 Å². The van der Waals surface area contributed by atoms with Crippen molar-refractivity contribution >= 4 is 28.4 Å². The minimum atomic E-state index is -1.24. The zero-order valence-corrected chi connectivity index (χ0v) is 15.6. The molecule has 1 heterocycles. The van der Waals surface area contributed by atoms with E-state index in [-0.39, 0.29) is 5.57 Å². The summed E-state index contributed by atoms with van der Waals surface area (Å²) < 4.78 is 10.1. The van der Waals surface area contributed by atoms with E-state index in [1.54, 1.807) is 0 Å². The zero-order chi connectivity index (χ0) is 19.7. The first-order valence-electron chi connectivity index (χ1n) is 8.94. The molecule has 0 unspecified atom stereocenters. The second-order valence-electron chi connectivity index (χ2n) is 6.99. The highest BCUT2D eigenvalue weighted by molar-refractivity contribution is 6.15. The van der Waals surface area contributed by atoms with Gasteiger partial charge in [0.25, 0.3) is 5.79 Å². The fourth-order valence-electron chi connectivity index (χ4n) is 3.16. The monoisotopic (exact) mass is 373 g/mol. The zero-order valence-electron chi connectivity index (χ0n) is 15.6. The topological polar surface area (TPSA) is 64.6 Å². The van der Waals surface area contributed by atoms with Gasteiger partial charge >= 0.3 is 11.9 Å². The Labute approximate surface area is 162 Å². The Morgan fingerprint density at radius 1 is 0.821 bits per heavy atom. The minimum Gasteiger partial charge on any atom is -0.419 e. The van der Waals surface area contributed by atoms with Crippen LogP contribution in [0.4, 0.5) is 5.69 Å². The van der Waals surface area contributed by atoms with Gasteiger partial charge in [-0.1, -0.05) is 54.6 Å². The van der Waals surface area contributed by atoms with Crippen LogP contribution in [0.15, 0.2) is 78.5 Å². The molecule has 0 spiro atoms. The van der Waals surface area contributed by atoms with E-state index in [1.807, 2.05) is 42.5 Å². The predicted octanol–water partition coefficient (Wildman–Crippen LogP) is 4.64. The van der Waals surface area contributed by atoms with Crippen molar-refractivity contribution in [3.05, 3.63) is 78.5 Å². The van der Waals surface area contributed by atoms with Crippen LogP contribution in [0.3, 0.4) is 0 Å². The van der Waals surface area contributed by atoms with Crippen LogP contribution in [0, 0.1) is 0 Å². The van der Waals surface area contributed by atoms with Crippen molar-refractivity contribution in [1.82, 2.24) is 0 Å². The molecule has 0 aromatic heterocycles. The molecule has 4 rings (SSSR count). The number of esters is 2. The maximum atomic E-state index is 12.0. The molecule has 1 aliphatic heterocycles. The summed E-state index contributed by atoms with van der Waals surface area (Å²) in [6, 6.07) is 22.2. The van der Waals surface area contributed by atoms with Crippen LogP contribution in [0.5, 0.6) is 0 Å². The summed E-state index contributed by atoms with van der Waals surface area (Å²) in [7, 11) is 0. The van der Waals surface area contributed by atoms with Crippen LogP contribution in [0.2, 0.25) is 0 Å². The number of carbonyl (C=O) groups is 2. The van der Waals surface area contributed by atoms with Gasteiger partial charge in [0.05, 0.1) is 0 Å². The summed E-state index contributed by atoms with van der Waals surface area (Å²) >= 11 is 0. The number of anilines is 1. The number of nitrogens with one attached hydrogen (secondary N) is 1. The molecule has 0 aliphatic carbocycles. The molecule has 0 radical (unpaired) electrons. The molecule has 1 fully saturated rings. The van der Waals surface area contributed by atoms with Gasteiger partial charge in [0.15, 0.2) is 5.57 Å². The fraction of sp³-hybridized carbons (Fsp3) is 0.130. The van der Waals surface area contributed by atoms with E-state index in [9.17, 15) is 9.59 Å². The van der Waals surface area contributed by atoms with Crippen LogP contribution in [-0.2, 0) is 19.1 Å². The Kier molecular flexibility index (Phi) is 4.35. The van der Waals surface area contributed by atoms with Crippen LogP contribution < -0.4 is 5.32 Å². The molecule has 0 bridgehead atoms. The van der Waals surface area contributed by atoms with Crippen molar-refractivity contribution in [2.24, 2.45) is 0 Å². The lowest BCUT2D eigenvalue weighted by molar-refractivity contribution is -0.222. The summed E-state index contributed by atoms with van der Waals surface area (Å²) in [5.74, 6) is -2.66. The standard InChI is InChI=1S/C23H19NO4/c1-23(2)27-21(25)20(22(26)28-23)14-24-17-12-10-16(11-13-17)19-9-5-7-15-6-3-4-8-18(15)19/h3-14,24H,1-2H3. The van der Waals surface area contributed by atoms with Crippen molar-refractivity contribution in [1.29, 1.82) is 0 Å². The SMILES string of the molecule is CC1(C)OC(=O)C(=CNc2ccc(-c3cccc4ccccc34)cc2)C(=O)O1. The summed E-state index contributed by atoms with van der Waals surface area (Å²) in [5.41, 5.74) is 2.79. The summed E-state index contributed by atoms with van der Waals surface area (Å²) in [4.78, 5) is 23.9. The second-order valence-corrected chi connectivity index (χ2v) is 6.99. The third-order valence-corrected chi connectivity index (χ3v) is 4.49. The molecule has 3 aromatic carbocycles. The number of benzene rings is 3. The van der Waals surface area contributed by atoms with Gasteiger partial charge in [-0.2, -0.15) is 0 Å². The van der Waals surface area contributed by atoms with Crippen molar-refractivity contribution < 1.29 is 19.1 Å². The molecular formula is C23H19NO4. The van der Waals surface area contributed by atoms with E-state index in [2.05, 4.69) is 29.6 Å². The van der Waals surface area contributed by atoms with Gasteiger partial charge in [-0.15, -0.1) is 0 Å². The maximum Gasteiger partial charge on any atom is 0.350 e. The van der Waals surface area contributed by atoms with Gasteiger partial charge in [-0.3, -0.25) is 0 Å². The first-order chi connectivity index (χ1) is 13.4. The number of cyclic esters (lactones) is 2. The lowest BCUT2D eigenvalue weighted by Gasteiger charge is -2.29. The van der Waals surface area contributed by atoms with Crippen LogP contribution in [0.1, 0.15) is 13.8 Å². The number of hydrogen-bond donors (Lipinski definition) is 1. The van der Waals surface area contributed by atoms with E-state index in [0.717, 1.165) is 16.8 Å². The van der Waals surface area contributed by atoms with Crippen LogP contribution in [0.25, 0.3) is 21.9 Å². The van der Waals surface area contributed by atoms with E-state index >= 15 is 0 Å². The van der Waals surface area contributed by atoms with Crippen molar-refractivity contribution in [2.45, 2.75) is 19.6 Å². The summed E-state index contributed by atoms with van der Waals surface area (Å²) in [6.45, 7) is 3.03. The van der Waals surface area contributed by atoms with Crippen molar-refractivity contribution in [2.75, 3.05) is 5.32 Å². The Bertz CT molecular complexity index is 1070. The van der Waals surface area contributed by atoms with Crippen molar-refractivity contribution in [3.63, 3.8) is 0 Å². The van der Waals surface area contributed by atoms with E-state index in [1.165, 1.54) is 30.8 Å². The molecule has 1 aliphatic rings. The van der Waals surface area contributed by atoms with Gasteiger partial charge in [0, 0.05) is 25.7 Å². The minimum absolute atomic E-state index is 0.169. The third-order valence-electron chi connectivity index (χ3n) is 4.49. The molecule has 0 atom stereocenters. The molecule has 1 N–H and O–H groups in total. The molecule has 0 saturated carbocycles. The molecule has 5 heteroatoms. The predicted molar refractivity (Wildman–Crippen MR) is 107 cm³/mol. The second kappa shape index (κ2) is 6.85. The third kappa shape index (κ3) is 3.47. The number of rotatable bonds is 3. The molecule has 3 aromatic rings. The Morgan fingerprint density at radius 3 is 2.18 bits per heavy atom. The Balaban J connectivity index is 1.56. The first-order valence-corrected chi connectivity index (χ1v) is 8.94. The highest BCUT2D eigenvalue weighted by Crippen LogP contribution is 2.29. The fourth-order valence-corrected chi connectivity index (χ4v) is 3.16. The number of fused-ring (bicyclic) bond motifs is 1. The lowest BCUT2D eigenvalue weighted by atomic mass is 9.98. The number of ether oxygens (including phenoxy) is 2. The average molecular weight is 373 g/mol. The molecule has 28 heavy (non-hydrogen) atoms. The normalized spacial score (nSPS) is 15.7. The smallest absolute Gasteiger partial charge is 0.350 e. The molecule has 5 nitrogen and oxygen atoms in total. The highest BCUT2D eigenvalue weighted by atomic mass is 16.7. The number of carbonyl (C=O) groups excluding carboxylic acids is 2. The van der Waals surface area contributed by atoms with Gasteiger partial charge < -0.3 is 14.8 Å². The lowest BCUT2D eigenvalue weighted by Crippen LogP contribution is -2.42. The van der Waals surface area contributed by atoms with Gasteiger partial charge in [-0.25, -0.2) is 9.59 Å². The Morgan fingerprint density at radius 2 is 1.46 bits per heavy atom. The van der Waals surface area contributed by atoms with Gasteiger partial charge in [0.2, 0.25) is 0 Å². The molecule has 140 valence electrons. The van der Waals surface area contributed by atoms with E-state index in [0.29, 0.717) is 0 Å². The summed E-state index contributed by atoms with van der Waals surface area (Å²) in [6.07, 6.45) is 1.31. The van der Waals surface area contributed by atoms with E-state index < -0.39 is 17.7 Å². The van der Waals surface area contributed by atoms with E-state index in [4.69, 9.17) is 9.47 Å². The Hall–Kier alpha value is -3.60. The van der Waals surface area contributed by atoms with Gasteiger partial charge in [0.1, 0.15) is 0 Å².